The van der Waals surface area contributed by atoms with Crippen LogP contribution in [0.3, 0.4) is 0 Å². The van der Waals surface area contributed by atoms with E-state index in [4.69, 9.17) is 0 Å². The van der Waals surface area contributed by atoms with Gasteiger partial charge in [0.1, 0.15) is 0 Å². The van der Waals surface area contributed by atoms with Gasteiger partial charge in [-0.05, 0) is 19.9 Å². The van der Waals surface area contributed by atoms with Gasteiger partial charge in [-0.15, -0.1) is 0 Å². The van der Waals surface area contributed by atoms with Crippen molar-refractivity contribution in [2.75, 3.05) is 24.3 Å². The van der Waals surface area contributed by atoms with Crippen LogP contribution in [-0.2, 0) is 20.8 Å². The summed E-state index contributed by atoms with van der Waals surface area (Å²) in [4.78, 5) is 0. The summed E-state index contributed by atoms with van der Waals surface area (Å²) in [6.45, 7) is 6.45. The van der Waals surface area contributed by atoms with Gasteiger partial charge in [0.2, 0.25) is 10.0 Å². The fourth-order valence-electron chi connectivity index (χ4n) is 1.40. The minimum atomic E-state index is -3.25. The maximum atomic E-state index is 11.6. The third-order valence-electron chi connectivity index (χ3n) is 2.01. The zero-order chi connectivity index (χ0) is 13.5. The first-order valence-corrected chi connectivity index (χ1v) is 9.14. The fraction of sp³-hybridized carbons (Fsp3) is 1.00. The molecule has 2 atom stereocenters. The molecule has 0 aromatic heterocycles. The predicted molar refractivity (Wildman–Crippen MR) is 73.1 cm³/mol. The second kappa shape index (κ2) is 8.18. The van der Waals surface area contributed by atoms with Gasteiger partial charge in [0, 0.05) is 34.9 Å². The fourth-order valence-corrected chi connectivity index (χ4v) is 3.64. The molecule has 5 nitrogen and oxygen atoms in total. The molecule has 0 fully saturated rings. The summed E-state index contributed by atoms with van der Waals surface area (Å²) in [5.74, 6) is 0.455. The van der Waals surface area contributed by atoms with E-state index in [0.29, 0.717) is 24.8 Å². The maximum absolute atomic E-state index is 11.6. The van der Waals surface area contributed by atoms with Crippen LogP contribution < -0.4 is 10.0 Å². The molecule has 0 radical (unpaired) electrons. The Hall–Kier alpha value is 0.0200. The number of nitrogens with one attached hydrogen (secondary N) is 2. The van der Waals surface area contributed by atoms with E-state index in [0.717, 1.165) is 0 Å². The Kier molecular flexibility index (Phi) is 8.19. The molecule has 0 bridgehead atoms. The number of hydrogen-bond donors (Lipinski definition) is 2. The number of rotatable bonds is 9. The van der Waals surface area contributed by atoms with Crippen LogP contribution in [0.25, 0.3) is 0 Å². The van der Waals surface area contributed by atoms with E-state index in [1.54, 1.807) is 13.2 Å². The zero-order valence-electron chi connectivity index (χ0n) is 11.0. The first kappa shape index (κ1) is 17.0. The normalized spacial score (nSPS) is 16.1. The molecule has 0 saturated heterocycles. The minimum absolute atomic E-state index is 0.105. The molecule has 2 N–H and O–H groups in total. The van der Waals surface area contributed by atoms with Gasteiger partial charge in [0.15, 0.2) is 0 Å². The summed E-state index contributed by atoms with van der Waals surface area (Å²) in [7, 11) is -4.23. The molecule has 0 amide bonds. The molecule has 104 valence electrons. The van der Waals surface area contributed by atoms with Crippen molar-refractivity contribution in [3.8, 4) is 0 Å². The van der Waals surface area contributed by atoms with Crippen molar-refractivity contribution >= 4 is 20.8 Å². The molecular formula is C10H24N2O3S2. The molecule has 0 heterocycles. The van der Waals surface area contributed by atoms with Crippen molar-refractivity contribution in [3.05, 3.63) is 0 Å². The largest absolute Gasteiger partial charge is 0.314 e. The zero-order valence-corrected chi connectivity index (χ0v) is 12.7. The second-order valence-electron chi connectivity index (χ2n) is 4.54. The first-order valence-electron chi connectivity index (χ1n) is 5.76. The Morgan fingerprint density at radius 2 is 1.82 bits per heavy atom. The highest BCUT2D eigenvalue weighted by atomic mass is 32.2. The molecule has 17 heavy (non-hydrogen) atoms. The average Bonchev–Trinajstić information content (AvgIpc) is 2.09. The summed E-state index contributed by atoms with van der Waals surface area (Å²) in [6, 6.07) is 0.0935. The van der Waals surface area contributed by atoms with E-state index < -0.39 is 20.8 Å². The third kappa shape index (κ3) is 10.9. The maximum Gasteiger partial charge on any atom is 0.211 e. The molecule has 0 aliphatic rings. The van der Waals surface area contributed by atoms with Gasteiger partial charge >= 0.3 is 0 Å². The quantitative estimate of drug-likeness (QED) is 0.587. The number of hydrogen-bond acceptors (Lipinski definition) is 4. The highest BCUT2D eigenvalue weighted by Crippen LogP contribution is 1.94. The smallest absolute Gasteiger partial charge is 0.211 e. The second-order valence-corrected chi connectivity index (χ2v) is 7.89. The Balaban J connectivity index is 3.91. The molecule has 0 rings (SSSR count). The van der Waals surface area contributed by atoms with Crippen LogP contribution in [-0.4, -0.2) is 49.0 Å². The van der Waals surface area contributed by atoms with E-state index in [9.17, 15) is 12.6 Å². The molecule has 0 aliphatic heterocycles. The molecule has 0 saturated carbocycles. The van der Waals surface area contributed by atoms with E-state index in [2.05, 4.69) is 10.0 Å². The van der Waals surface area contributed by atoms with Gasteiger partial charge in [-0.3, -0.25) is 4.21 Å². The van der Waals surface area contributed by atoms with E-state index in [1.807, 2.05) is 13.8 Å². The van der Waals surface area contributed by atoms with Crippen molar-refractivity contribution in [1.29, 1.82) is 0 Å². The first-order chi connectivity index (χ1) is 7.73. The Morgan fingerprint density at radius 1 is 1.24 bits per heavy atom. The lowest BCUT2D eigenvalue weighted by Crippen LogP contribution is -2.38. The van der Waals surface area contributed by atoms with Crippen LogP contribution in [0.2, 0.25) is 0 Å². The molecular weight excluding hydrogens is 260 g/mol. The van der Waals surface area contributed by atoms with Crippen molar-refractivity contribution in [3.63, 3.8) is 0 Å². The van der Waals surface area contributed by atoms with Gasteiger partial charge in [-0.1, -0.05) is 13.8 Å². The lowest BCUT2D eigenvalue weighted by molar-refractivity contribution is 0.554. The third-order valence-corrected chi connectivity index (χ3v) is 4.56. The van der Waals surface area contributed by atoms with Crippen LogP contribution in [0.5, 0.6) is 0 Å². The van der Waals surface area contributed by atoms with Crippen LogP contribution >= 0.6 is 0 Å². The van der Waals surface area contributed by atoms with Gasteiger partial charge in [-0.25, -0.2) is 13.1 Å². The average molecular weight is 284 g/mol. The summed E-state index contributed by atoms with van der Waals surface area (Å²) in [5.41, 5.74) is 0. The summed E-state index contributed by atoms with van der Waals surface area (Å²) in [6.07, 6.45) is 2.15. The molecule has 7 heteroatoms. The van der Waals surface area contributed by atoms with Gasteiger partial charge in [0.05, 0.1) is 5.75 Å². The van der Waals surface area contributed by atoms with Crippen molar-refractivity contribution in [1.82, 2.24) is 10.0 Å². The highest BCUT2D eigenvalue weighted by molar-refractivity contribution is 7.89. The van der Waals surface area contributed by atoms with Gasteiger partial charge < -0.3 is 5.32 Å². The van der Waals surface area contributed by atoms with Crippen LogP contribution in [0.15, 0.2) is 0 Å². The topological polar surface area (TPSA) is 75.3 Å². The van der Waals surface area contributed by atoms with Crippen LogP contribution in [0.4, 0.5) is 0 Å². The summed E-state index contributed by atoms with van der Waals surface area (Å²) in [5, 5.41) is 3.16. The SMILES string of the molecule is CC(C)NCCCS(=O)(=O)NC(C)CS(C)=O. The van der Waals surface area contributed by atoms with Crippen molar-refractivity contribution < 1.29 is 12.6 Å². The summed E-state index contributed by atoms with van der Waals surface area (Å²) < 4.78 is 36.7. The highest BCUT2D eigenvalue weighted by Gasteiger charge is 2.14. The van der Waals surface area contributed by atoms with Gasteiger partial charge in [0.25, 0.3) is 0 Å². The lowest BCUT2D eigenvalue weighted by atomic mass is 10.4. The van der Waals surface area contributed by atoms with E-state index in [1.165, 1.54) is 0 Å². The predicted octanol–water partition coefficient (Wildman–Crippen LogP) is 0.0609. The lowest BCUT2D eigenvalue weighted by Gasteiger charge is -2.13. The van der Waals surface area contributed by atoms with Crippen molar-refractivity contribution in [2.24, 2.45) is 0 Å². The molecule has 0 aromatic carbocycles. The van der Waals surface area contributed by atoms with Gasteiger partial charge in [-0.2, -0.15) is 0 Å². The molecule has 0 aliphatic carbocycles. The van der Waals surface area contributed by atoms with Crippen LogP contribution in [0.1, 0.15) is 27.2 Å². The monoisotopic (exact) mass is 284 g/mol. The molecule has 0 spiro atoms. The van der Waals surface area contributed by atoms with Crippen LogP contribution in [0, 0.1) is 0 Å². The van der Waals surface area contributed by atoms with E-state index >= 15 is 0 Å². The Morgan fingerprint density at radius 3 is 2.29 bits per heavy atom. The van der Waals surface area contributed by atoms with Crippen molar-refractivity contribution in [2.45, 2.75) is 39.3 Å². The Bertz CT molecular complexity index is 328. The standard InChI is InChI=1S/C10H24N2O3S2/c1-9(2)11-6-5-7-17(14,15)12-10(3)8-16(4)13/h9-12H,5-8H2,1-4H3. The minimum Gasteiger partial charge on any atom is -0.314 e. The van der Waals surface area contributed by atoms with E-state index in [-0.39, 0.29) is 11.8 Å². The number of sulfonamides is 1. The summed E-state index contributed by atoms with van der Waals surface area (Å²) >= 11 is 0. The molecule has 0 aromatic rings. The Labute approximate surface area is 107 Å². The molecule has 2 unspecified atom stereocenters.